The third-order valence-corrected chi connectivity index (χ3v) is 4.02. The van der Waals surface area contributed by atoms with Crippen LogP contribution in [0.3, 0.4) is 0 Å². The van der Waals surface area contributed by atoms with Gasteiger partial charge in [-0.3, -0.25) is 4.98 Å². The van der Waals surface area contributed by atoms with Crippen LogP contribution in [0.1, 0.15) is 13.8 Å². The summed E-state index contributed by atoms with van der Waals surface area (Å²) >= 11 is 0. The fourth-order valence-corrected chi connectivity index (χ4v) is 2.75. The van der Waals surface area contributed by atoms with Gasteiger partial charge in [0.2, 0.25) is 5.95 Å². The second-order valence-corrected chi connectivity index (χ2v) is 5.62. The van der Waals surface area contributed by atoms with E-state index >= 15 is 0 Å². The number of H-pyrrole nitrogens is 1. The van der Waals surface area contributed by atoms with Gasteiger partial charge < -0.3 is 19.8 Å². The fraction of sp³-hybridized carbons (Fsp3) is 0.190. The lowest BCUT2D eigenvalue weighted by atomic mass is 10.1. The van der Waals surface area contributed by atoms with E-state index in [0.717, 1.165) is 27.8 Å². The highest BCUT2D eigenvalue weighted by Gasteiger charge is 2.09. The van der Waals surface area contributed by atoms with Gasteiger partial charge in [-0.2, -0.15) is 0 Å². The minimum Gasteiger partial charge on any atom is -0.497 e. The van der Waals surface area contributed by atoms with Crippen molar-refractivity contribution in [3.05, 3.63) is 55.1 Å². The molecule has 0 fully saturated rings. The van der Waals surface area contributed by atoms with E-state index in [2.05, 4.69) is 25.3 Å². The number of aromatic amines is 1. The molecule has 0 aliphatic heterocycles. The predicted molar refractivity (Wildman–Crippen MR) is 111 cm³/mol. The quantitative estimate of drug-likeness (QED) is 0.519. The molecule has 28 heavy (non-hydrogen) atoms. The normalized spacial score (nSPS) is 10.1. The number of methoxy groups -OCH3 is 2. The summed E-state index contributed by atoms with van der Waals surface area (Å²) in [4.78, 5) is 16.4. The molecule has 0 unspecified atom stereocenters. The minimum atomic E-state index is 0.482. The third kappa shape index (κ3) is 4.03. The van der Waals surface area contributed by atoms with Crippen molar-refractivity contribution < 1.29 is 9.47 Å². The van der Waals surface area contributed by atoms with Gasteiger partial charge in [-0.15, -0.1) is 0 Å². The maximum atomic E-state index is 5.29. The lowest BCUT2D eigenvalue weighted by molar-refractivity contribution is 0.395. The zero-order valence-electron chi connectivity index (χ0n) is 16.4. The van der Waals surface area contributed by atoms with Crippen molar-refractivity contribution in [3.8, 4) is 22.8 Å². The van der Waals surface area contributed by atoms with E-state index in [1.165, 1.54) is 0 Å². The molecule has 4 rings (SSSR count). The number of rotatable bonds is 5. The number of pyridine rings is 1. The number of aromatic nitrogens is 4. The highest BCUT2D eigenvalue weighted by Crippen LogP contribution is 2.29. The van der Waals surface area contributed by atoms with E-state index in [1.807, 2.05) is 50.5 Å². The van der Waals surface area contributed by atoms with Gasteiger partial charge in [0.25, 0.3) is 0 Å². The van der Waals surface area contributed by atoms with E-state index in [4.69, 9.17) is 9.47 Å². The van der Waals surface area contributed by atoms with E-state index in [9.17, 15) is 0 Å². The molecule has 0 radical (unpaired) electrons. The van der Waals surface area contributed by atoms with Crippen molar-refractivity contribution in [2.24, 2.45) is 0 Å². The summed E-state index contributed by atoms with van der Waals surface area (Å²) in [5, 5.41) is 4.21. The molecule has 3 aromatic heterocycles. The van der Waals surface area contributed by atoms with Gasteiger partial charge in [0.1, 0.15) is 11.5 Å². The van der Waals surface area contributed by atoms with Gasteiger partial charge in [0.05, 0.1) is 19.9 Å². The van der Waals surface area contributed by atoms with Crippen molar-refractivity contribution >= 4 is 22.5 Å². The highest BCUT2D eigenvalue weighted by molar-refractivity contribution is 5.93. The molecule has 0 bridgehead atoms. The lowest BCUT2D eigenvalue weighted by Crippen LogP contribution is -1.99. The molecule has 7 nitrogen and oxygen atoms in total. The van der Waals surface area contributed by atoms with Crippen molar-refractivity contribution in [2.75, 3.05) is 19.5 Å². The first-order valence-corrected chi connectivity index (χ1v) is 9.01. The number of anilines is 2. The van der Waals surface area contributed by atoms with Crippen LogP contribution in [0, 0.1) is 0 Å². The van der Waals surface area contributed by atoms with Crippen molar-refractivity contribution in [1.29, 1.82) is 0 Å². The molecular weight excluding hydrogens is 354 g/mol. The maximum absolute atomic E-state index is 5.29. The second-order valence-electron chi connectivity index (χ2n) is 5.62. The summed E-state index contributed by atoms with van der Waals surface area (Å²) in [7, 11) is 3.22. The first-order chi connectivity index (χ1) is 13.8. The Morgan fingerprint density at radius 3 is 2.43 bits per heavy atom. The minimum absolute atomic E-state index is 0.482. The highest BCUT2D eigenvalue weighted by atomic mass is 16.5. The molecule has 0 saturated carbocycles. The zero-order chi connectivity index (χ0) is 19.9. The molecule has 0 atom stereocenters. The Labute approximate surface area is 163 Å². The summed E-state index contributed by atoms with van der Waals surface area (Å²) in [6, 6.07) is 9.32. The summed E-state index contributed by atoms with van der Waals surface area (Å²) in [5.74, 6) is 1.85. The number of hydrogen-bond donors (Lipinski definition) is 2. The summed E-state index contributed by atoms with van der Waals surface area (Å²) in [6.45, 7) is 4.00. The molecule has 3 heterocycles. The van der Waals surface area contributed by atoms with Gasteiger partial charge >= 0.3 is 0 Å². The number of ether oxygens (including phenoxy) is 2. The van der Waals surface area contributed by atoms with Crippen molar-refractivity contribution in [2.45, 2.75) is 13.8 Å². The van der Waals surface area contributed by atoms with Crippen LogP contribution in [0.15, 0.2) is 55.1 Å². The van der Waals surface area contributed by atoms with Gasteiger partial charge in [0.15, 0.2) is 0 Å². The Balaban J connectivity index is 0.00000109. The summed E-state index contributed by atoms with van der Waals surface area (Å²) in [5.41, 5.74) is 3.57. The van der Waals surface area contributed by atoms with E-state index in [1.54, 1.807) is 32.7 Å². The van der Waals surface area contributed by atoms with Crippen LogP contribution in [0.4, 0.5) is 11.6 Å². The predicted octanol–water partition coefficient (Wildman–Crippen LogP) is 4.81. The Morgan fingerprint density at radius 2 is 1.71 bits per heavy atom. The molecule has 0 amide bonds. The summed E-state index contributed by atoms with van der Waals surface area (Å²) in [6.07, 6.45) is 7.22. The van der Waals surface area contributed by atoms with Crippen LogP contribution < -0.4 is 14.8 Å². The molecule has 1 aromatic carbocycles. The first kappa shape index (κ1) is 19.2. The number of nitrogens with one attached hydrogen (secondary N) is 2. The topological polar surface area (TPSA) is 85.0 Å². The van der Waals surface area contributed by atoms with Crippen LogP contribution >= 0.6 is 0 Å². The molecule has 7 heteroatoms. The van der Waals surface area contributed by atoms with Crippen LogP contribution in [-0.2, 0) is 0 Å². The third-order valence-electron chi connectivity index (χ3n) is 4.02. The SMILES string of the molecule is CC.COc1cc(Nc2nccc(-c3c[nH]c4ccncc34)n2)cc(OC)c1. The Bertz CT molecular complexity index is 1040. The monoisotopic (exact) mass is 377 g/mol. The van der Waals surface area contributed by atoms with Crippen LogP contribution in [-0.4, -0.2) is 34.2 Å². The molecule has 0 aliphatic carbocycles. The average Bonchev–Trinajstić information content (AvgIpc) is 3.19. The smallest absolute Gasteiger partial charge is 0.227 e. The molecule has 0 spiro atoms. The number of benzene rings is 1. The zero-order valence-corrected chi connectivity index (χ0v) is 16.4. The maximum Gasteiger partial charge on any atom is 0.227 e. The molecule has 2 N–H and O–H groups in total. The Kier molecular flexibility index (Phi) is 6.06. The molecular formula is C21H23N5O2. The molecule has 0 aliphatic rings. The Morgan fingerprint density at radius 1 is 0.964 bits per heavy atom. The van der Waals surface area contributed by atoms with Crippen LogP contribution in [0.5, 0.6) is 11.5 Å². The molecule has 4 aromatic rings. The standard InChI is InChI=1S/C19H17N5O2.C2H6/c1-25-13-7-12(8-14(9-13)26-2)23-19-21-6-4-18(24-19)16-11-22-17-3-5-20-10-15(16)17;1-2/h3-11,22H,1-2H3,(H,21,23,24);1-2H3. The lowest BCUT2D eigenvalue weighted by Gasteiger charge is -2.10. The number of nitrogens with zero attached hydrogens (tertiary/aromatic N) is 3. The molecule has 144 valence electrons. The van der Waals surface area contributed by atoms with Crippen molar-refractivity contribution in [1.82, 2.24) is 19.9 Å². The molecule has 0 saturated heterocycles. The number of hydrogen-bond acceptors (Lipinski definition) is 6. The Hall–Kier alpha value is -3.61. The van der Waals surface area contributed by atoms with E-state index in [0.29, 0.717) is 17.4 Å². The summed E-state index contributed by atoms with van der Waals surface area (Å²) < 4.78 is 10.6. The van der Waals surface area contributed by atoms with Gasteiger partial charge in [-0.05, 0) is 12.1 Å². The van der Waals surface area contributed by atoms with Gasteiger partial charge in [-0.1, -0.05) is 13.8 Å². The second kappa shape index (κ2) is 8.85. The average molecular weight is 377 g/mol. The van der Waals surface area contributed by atoms with E-state index in [-0.39, 0.29) is 0 Å². The van der Waals surface area contributed by atoms with Crippen molar-refractivity contribution in [3.63, 3.8) is 0 Å². The largest absolute Gasteiger partial charge is 0.497 e. The van der Waals surface area contributed by atoms with Crippen LogP contribution in [0.25, 0.3) is 22.2 Å². The van der Waals surface area contributed by atoms with E-state index < -0.39 is 0 Å². The fourth-order valence-electron chi connectivity index (χ4n) is 2.75. The van der Waals surface area contributed by atoms with Gasteiger partial charge in [-0.25, -0.2) is 9.97 Å². The van der Waals surface area contributed by atoms with Gasteiger partial charge in [0, 0.05) is 65.1 Å². The number of fused-ring (bicyclic) bond motifs is 1. The van der Waals surface area contributed by atoms with Crippen LogP contribution in [0.2, 0.25) is 0 Å². The first-order valence-electron chi connectivity index (χ1n) is 9.01.